The molecule has 2 rings (SSSR count). The zero-order valence-electron chi connectivity index (χ0n) is 16.5. The molecule has 9 heteroatoms. The second-order valence-corrected chi connectivity index (χ2v) is 7.54. The molecule has 0 spiro atoms. The number of aliphatic carboxylic acids is 2. The van der Waals surface area contributed by atoms with Gasteiger partial charge in [0.25, 0.3) is 0 Å². The highest BCUT2D eigenvalue weighted by Crippen LogP contribution is 2.30. The fourth-order valence-electron chi connectivity index (χ4n) is 2.95. The molecule has 2 N–H and O–H groups in total. The molecular weight excluding hydrogens is 419 g/mol. The Kier molecular flexibility index (Phi) is 10.7. The minimum absolute atomic E-state index is 0.149. The highest BCUT2D eigenvalue weighted by atomic mass is 35.5. The summed E-state index contributed by atoms with van der Waals surface area (Å²) < 4.78 is 0. The largest absolute Gasteiger partial charge is 0.478 e. The van der Waals surface area contributed by atoms with Crippen molar-refractivity contribution in [3.8, 4) is 0 Å². The van der Waals surface area contributed by atoms with Gasteiger partial charge in [0, 0.05) is 30.1 Å². The maximum atomic E-state index is 12.6. The molecule has 0 aromatic heterocycles. The minimum Gasteiger partial charge on any atom is -0.478 e. The van der Waals surface area contributed by atoms with Gasteiger partial charge < -0.3 is 20.0 Å². The monoisotopic (exact) mass is 444 g/mol. The number of carboxylic acid groups (broad SMARTS) is 2. The molecule has 29 heavy (non-hydrogen) atoms. The van der Waals surface area contributed by atoms with Crippen molar-refractivity contribution < 1.29 is 24.6 Å². The van der Waals surface area contributed by atoms with E-state index in [0.717, 1.165) is 31.6 Å². The first-order valence-electron chi connectivity index (χ1n) is 9.21. The van der Waals surface area contributed by atoms with E-state index < -0.39 is 11.9 Å². The van der Waals surface area contributed by atoms with Crippen molar-refractivity contribution in [1.82, 2.24) is 4.90 Å². The van der Waals surface area contributed by atoms with Gasteiger partial charge in [0.2, 0.25) is 5.91 Å². The zero-order chi connectivity index (χ0) is 22.0. The number of carbonyl (C=O) groups excluding carboxylic acids is 1. The third kappa shape index (κ3) is 9.30. The van der Waals surface area contributed by atoms with Crippen LogP contribution in [0.1, 0.15) is 26.2 Å². The van der Waals surface area contributed by atoms with Gasteiger partial charge in [-0.1, -0.05) is 23.2 Å². The van der Waals surface area contributed by atoms with Gasteiger partial charge in [0.1, 0.15) is 0 Å². The van der Waals surface area contributed by atoms with Crippen LogP contribution in [-0.4, -0.2) is 59.6 Å². The van der Waals surface area contributed by atoms with Gasteiger partial charge in [-0.25, -0.2) is 9.59 Å². The number of amides is 1. The quantitative estimate of drug-likeness (QED) is 0.647. The van der Waals surface area contributed by atoms with E-state index in [1.54, 1.807) is 17.0 Å². The fourth-order valence-corrected chi connectivity index (χ4v) is 3.46. The van der Waals surface area contributed by atoms with E-state index in [0.29, 0.717) is 41.1 Å². The molecule has 1 aliphatic heterocycles. The molecule has 1 amide bonds. The average Bonchev–Trinajstić information content (AvgIpc) is 2.65. The summed E-state index contributed by atoms with van der Waals surface area (Å²) in [5.74, 6) is -1.88. The van der Waals surface area contributed by atoms with Crippen molar-refractivity contribution in [3.05, 3.63) is 40.4 Å². The number of anilines is 1. The Hall–Kier alpha value is -2.09. The summed E-state index contributed by atoms with van der Waals surface area (Å²) in [5.41, 5.74) is 0.751. The van der Waals surface area contributed by atoms with Crippen LogP contribution in [0, 0.1) is 5.92 Å². The van der Waals surface area contributed by atoms with Crippen molar-refractivity contribution in [3.63, 3.8) is 0 Å². The number of likely N-dealkylation sites (tertiary alicyclic amines) is 1. The first kappa shape index (κ1) is 24.9. The van der Waals surface area contributed by atoms with E-state index in [1.165, 1.54) is 0 Å². The first-order valence-corrected chi connectivity index (χ1v) is 9.97. The van der Waals surface area contributed by atoms with Crippen LogP contribution in [0.3, 0.4) is 0 Å². The summed E-state index contributed by atoms with van der Waals surface area (Å²) in [6.07, 6.45) is 3.90. The summed E-state index contributed by atoms with van der Waals surface area (Å²) in [4.78, 5) is 35.8. The number of hydrogen-bond acceptors (Lipinski definition) is 4. The summed E-state index contributed by atoms with van der Waals surface area (Å²) in [7, 11) is 2.13. The van der Waals surface area contributed by atoms with E-state index in [1.807, 2.05) is 13.0 Å². The number of piperidine rings is 1. The van der Waals surface area contributed by atoms with Gasteiger partial charge >= 0.3 is 11.9 Å². The highest BCUT2D eigenvalue weighted by molar-refractivity contribution is 6.36. The third-order valence-corrected chi connectivity index (χ3v) is 5.03. The molecule has 160 valence electrons. The van der Waals surface area contributed by atoms with Crippen LogP contribution in [0.5, 0.6) is 0 Å². The number of carboxylic acids is 2. The molecule has 1 fully saturated rings. The van der Waals surface area contributed by atoms with Crippen molar-refractivity contribution in [2.24, 2.45) is 5.92 Å². The van der Waals surface area contributed by atoms with Crippen LogP contribution in [0.15, 0.2) is 30.4 Å². The lowest BCUT2D eigenvalue weighted by molar-refractivity contribution is -0.134. The van der Waals surface area contributed by atoms with Gasteiger partial charge in [0.15, 0.2) is 0 Å². The van der Waals surface area contributed by atoms with Gasteiger partial charge in [-0.2, -0.15) is 0 Å². The van der Waals surface area contributed by atoms with Crippen LogP contribution in [0.2, 0.25) is 10.0 Å². The number of carbonyl (C=O) groups is 3. The SMILES string of the molecule is CCN(C(=O)CC1CCN(C)CC1)c1ccc(Cl)cc1Cl.O=C(O)/C=C/C(=O)O. The Bertz CT molecular complexity index is 730. The molecule has 1 heterocycles. The zero-order valence-corrected chi connectivity index (χ0v) is 18.0. The lowest BCUT2D eigenvalue weighted by Gasteiger charge is -2.30. The fraction of sp³-hybridized carbons (Fsp3) is 0.450. The Morgan fingerprint density at radius 1 is 1.14 bits per heavy atom. The predicted octanol–water partition coefficient (Wildman–Crippen LogP) is 3.79. The molecular formula is C20H26Cl2N2O5. The minimum atomic E-state index is -1.26. The van der Waals surface area contributed by atoms with Gasteiger partial charge in [-0.15, -0.1) is 0 Å². The summed E-state index contributed by atoms with van der Waals surface area (Å²) in [5, 5.41) is 16.7. The number of rotatable bonds is 6. The van der Waals surface area contributed by atoms with E-state index in [9.17, 15) is 14.4 Å². The van der Waals surface area contributed by atoms with Gasteiger partial charge in [-0.3, -0.25) is 4.79 Å². The molecule has 7 nitrogen and oxygen atoms in total. The van der Waals surface area contributed by atoms with Crippen molar-refractivity contribution in [2.75, 3.05) is 31.6 Å². The Morgan fingerprint density at radius 3 is 2.14 bits per heavy atom. The molecule has 0 atom stereocenters. The lowest BCUT2D eigenvalue weighted by atomic mass is 9.93. The molecule has 1 aliphatic rings. The van der Waals surface area contributed by atoms with Crippen LogP contribution in [-0.2, 0) is 14.4 Å². The summed E-state index contributed by atoms with van der Waals surface area (Å²) in [6, 6.07) is 5.28. The molecule has 1 aromatic rings. The molecule has 1 saturated heterocycles. The van der Waals surface area contributed by atoms with E-state index in [2.05, 4.69) is 11.9 Å². The normalized spacial score (nSPS) is 14.9. The van der Waals surface area contributed by atoms with Crippen molar-refractivity contribution in [1.29, 1.82) is 0 Å². The Balaban J connectivity index is 0.000000447. The molecule has 0 bridgehead atoms. The molecule has 1 aromatic carbocycles. The molecule has 0 unspecified atom stereocenters. The third-order valence-electron chi connectivity index (χ3n) is 4.49. The Morgan fingerprint density at radius 2 is 1.69 bits per heavy atom. The second-order valence-electron chi connectivity index (χ2n) is 6.69. The molecule has 0 radical (unpaired) electrons. The Labute approximate surface area is 180 Å². The van der Waals surface area contributed by atoms with E-state index >= 15 is 0 Å². The van der Waals surface area contributed by atoms with E-state index in [4.69, 9.17) is 33.4 Å². The summed E-state index contributed by atoms with van der Waals surface area (Å²) >= 11 is 12.1. The standard InChI is InChI=1S/C16H22Cl2N2O.C4H4O4/c1-3-20(15-5-4-13(17)11-14(15)18)16(21)10-12-6-8-19(2)9-7-12;5-3(6)1-2-4(7)8/h4-5,11-12H,3,6-10H2,1-2H3;1-2H,(H,5,6)(H,7,8)/b;2-1+. The predicted molar refractivity (Wildman–Crippen MR) is 114 cm³/mol. The highest BCUT2D eigenvalue weighted by Gasteiger charge is 2.23. The van der Waals surface area contributed by atoms with Gasteiger partial charge in [-0.05, 0) is 64.0 Å². The maximum absolute atomic E-state index is 12.6. The van der Waals surface area contributed by atoms with Crippen molar-refractivity contribution >= 4 is 46.7 Å². The van der Waals surface area contributed by atoms with Gasteiger partial charge in [0.05, 0.1) is 10.7 Å². The van der Waals surface area contributed by atoms with Crippen LogP contribution < -0.4 is 4.90 Å². The second kappa shape index (κ2) is 12.5. The number of nitrogens with zero attached hydrogens (tertiary/aromatic N) is 2. The van der Waals surface area contributed by atoms with Crippen LogP contribution >= 0.6 is 23.2 Å². The lowest BCUT2D eigenvalue weighted by Crippen LogP contribution is -2.36. The maximum Gasteiger partial charge on any atom is 0.328 e. The number of hydrogen-bond donors (Lipinski definition) is 2. The van der Waals surface area contributed by atoms with E-state index in [-0.39, 0.29) is 5.91 Å². The number of benzene rings is 1. The molecule has 0 aliphatic carbocycles. The number of halogens is 2. The van der Waals surface area contributed by atoms with Crippen LogP contribution in [0.4, 0.5) is 5.69 Å². The topological polar surface area (TPSA) is 98.2 Å². The average molecular weight is 445 g/mol. The van der Waals surface area contributed by atoms with Crippen molar-refractivity contribution in [2.45, 2.75) is 26.2 Å². The smallest absolute Gasteiger partial charge is 0.328 e. The molecule has 0 saturated carbocycles. The van der Waals surface area contributed by atoms with Crippen LogP contribution in [0.25, 0.3) is 0 Å². The summed E-state index contributed by atoms with van der Waals surface area (Å²) in [6.45, 7) is 4.74. The first-order chi connectivity index (χ1) is 13.6.